The van der Waals surface area contributed by atoms with Crippen molar-refractivity contribution in [1.82, 2.24) is 0 Å². The number of aryl methyl sites for hydroxylation is 2. The molecule has 0 saturated heterocycles. The Kier molecular flexibility index (Phi) is 9.16. The summed E-state index contributed by atoms with van der Waals surface area (Å²) in [7, 11) is 0. The molecule has 0 amide bonds. The molecule has 0 N–H and O–H groups in total. The number of hydrogen-bond acceptors (Lipinski definition) is 3. The van der Waals surface area contributed by atoms with E-state index in [2.05, 4.69) is 200 Å². The molecule has 0 saturated carbocycles. The zero-order valence-corrected chi connectivity index (χ0v) is 45.0. The lowest BCUT2D eigenvalue weighted by Crippen LogP contribution is -2.61. The molecule has 4 aliphatic carbocycles. The van der Waals surface area contributed by atoms with E-state index < -0.39 is 0 Å². The average Bonchev–Trinajstić information content (AvgIpc) is 3.64. The van der Waals surface area contributed by atoms with E-state index >= 15 is 0 Å². The zero-order chi connectivity index (χ0) is 47.4. The topological polar surface area (TPSA) is 6.48 Å². The van der Waals surface area contributed by atoms with E-state index in [1.54, 1.807) is 31.9 Å². The summed E-state index contributed by atoms with van der Waals surface area (Å²) < 4.78 is 1.55. The Bertz CT molecular complexity index is 2920. The third kappa shape index (κ3) is 6.16. The molecule has 0 atom stereocenters. The molecule has 2 aliphatic heterocycles. The van der Waals surface area contributed by atoms with Crippen LogP contribution in [0, 0.1) is 13.8 Å². The minimum absolute atomic E-state index is 0.0407. The second kappa shape index (κ2) is 13.5. The van der Waals surface area contributed by atoms with Crippen molar-refractivity contribution in [2.24, 2.45) is 0 Å². The molecule has 1 aromatic heterocycles. The molecule has 4 heteroatoms. The Hall–Kier alpha value is -3.76. The van der Waals surface area contributed by atoms with Gasteiger partial charge in [-0.05, 0) is 206 Å². The van der Waals surface area contributed by atoms with E-state index in [0.717, 1.165) is 0 Å². The van der Waals surface area contributed by atoms with E-state index in [4.69, 9.17) is 0 Å². The largest absolute Gasteiger partial charge is 0.311 e. The molecule has 4 aromatic carbocycles. The molecule has 0 bridgehead atoms. The quantitative estimate of drug-likeness (QED) is 0.160. The Morgan fingerprint density at radius 1 is 0.424 bits per heavy atom. The first-order chi connectivity index (χ1) is 30.5. The van der Waals surface area contributed by atoms with Crippen LogP contribution in [0.4, 0.5) is 34.1 Å². The summed E-state index contributed by atoms with van der Waals surface area (Å²) in [6.45, 7) is 45.1. The summed E-state index contributed by atoms with van der Waals surface area (Å²) in [5, 5.41) is 0. The van der Waals surface area contributed by atoms with Gasteiger partial charge < -0.3 is 9.80 Å². The summed E-state index contributed by atoms with van der Waals surface area (Å²) in [6, 6.07) is 23.6. The van der Waals surface area contributed by atoms with E-state index in [0.29, 0.717) is 0 Å². The van der Waals surface area contributed by atoms with Crippen molar-refractivity contribution < 1.29 is 0 Å². The Balaban J connectivity index is 1.29. The van der Waals surface area contributed by atoms with Crippen LogP contribution in [0.25, 0.3) is 0 Å². The van der Waals surface area contributed by atoms with Crippen LogP contribution in [0.1, 0.15) is 217 Å². The minimum Gasteiger partial charge on any atom is -0.311 e. The van der Waals surface area contributed by atoms with Gasteiger partial charge >= 0.3 is 0 Å². The first-order valence-electron chi connectivity index (χ1n) is 25.9. The van der Waals surface area contributed by atoms with Gasteiger partial charge in [-0.25, -0.2) is 0 Å². The molecular formula is C62H79BN2S. The molecule has 11 rings (SSSR count). The molecule has 3 heterocycles. The van der Waals surface area contributed by atoms with Gasteiger partial charge in [-0.15, -0.1) is 0 Å². The maximum Gasteiger partial charge on any atom is 0.264 e. The van der Waals surface area contributed by atoms with E-state index in [9.17, 15) is 0 Å². The van der Waals surface area contributed by atoms with Crippen molar-refractivity contribution in [3.8, 4) is 0 Å². The Morgan fingerprint density at radius 2 is 0.864 bits per heavy atom. The molecule has 66 heavy (non-hydrogen) atoms. The van der Waals surface area contributed by atoms with Gasteiger partial charge in [-0.3, -0.25) is 0 Å². The summed E-state index contributed by atoms with van der Waals surface area (Å²) in [5.41, 5.74) is 25.6. The van der Waals surface area contributed by atoms with Crippen molar-refractivity contribution >= 4 is 67.9 Å². The highest BCUT2D eigenvalue weighted by Gasteiger charge is 2.53. The molecule has 0 spiro atoms. The number of fused-ring (bicyclic) bond motifs is 9. The van der Waals surface area contributed by atoms with Gasteiger partial charge in [0.05, 0.1) is 5.69 Å². The molecule has 5 aromatic rings. The first-order valence-corrected chi connectivity index (χ1v) is 26.7. The summed E-state index contributed by atoms with van der Waals surface area (Å²) in [4.78, 5) is 7.21. The van der Waals surface area contributed by atoms with E-state index in [1.807, 2.05) is 0 Å². The van der Waals surface area contributed by atoms with Crippen LogP contribution in [0.15, 0.2) is 54.6 Å². The molecule has 6 aliphatic rings. The summed E-state index contributed by atoms with van der Waals surface area (Å²) in [6.07, 6.45) is 9.65. The van der Waals surface area contributed by atoms with Crippen LogP contribution >= 0.6 is 11.3 Å². The van der Waals surface area contributed by atoms with Crippen molar-refractivity contribution in [3.63, 3.8) is 0 Å². The molecule has 0 fully saturated rings. The Morgan fingerprint density at radius 3 is 1.42 bits per heavy atom. The fraction of sp³-hybridized carbons (Fsp3) is 0.548. The van der Waals surface area contributed by atoms with Crippen molar-refractivity contribution in [3.05, 3.63) is 110 Å². The fourth-order valence-electron chi connectivity index (χ4n) is 14.2. The highest BCUT2D eigenvalue weighted by molar-refractivity contribution is 7.29. The summed E-state index contributed by atoms with van der Waals surface area (Å²) >= 11 is 2.18. The highest BCUT2D eigenvalue weighted by atomic mass is 32.1. The summed E-state index contributed by atoms with van der Waals surface area (Å²) in [5.74, 6) is 0. The van der Waals surface area contributed by atoms with Crippen LogP contribution in [0.3, 0.4) is 0 Å². The second-order valence-electron chi connectivity index (χ2n) is 27.8. The van der Waals surface area contributed by atoms with Gasteiger partial charge in [0.25, 0.3) is 6.71 Å². The van der Waals surface area contributed by atoms with Crippen molar-refractivity contribution in [2.45, 2.75) is 219 Å². The standard InChI is InChI=1S/C62H79BN2S/c1-36-29-48-51-49(30-36)65(46-34-43-40(31-37(46)2)56(5,6)23-25-59(43,11)12)47-35-44-42(58(9,10)24-26-60(44,13)14)33-45(47)63(51)54-52(50-53(66-54)62(17,18)28-27-61(50,15)16)64(48)38-19-20-39-41(32-38)57(7,8)22-21-55(39,3)4/h19-20,29-35H,21-28H2,1-18H3. The molecule has 0 unspecified atom stereocenters. The Labute approximate surface area is 404 Å². The number of benzene rings is 4. The van der Waals surface area contributed by atoms with Gasteiger partial charge in [0.2, 0.25) is 0 Å². The monoisotopic (exact) mass is 895 g/mol. The fourth-order valence-corrected chi connectivity index (χ4v) is 15.9. The number of rotatable bonds is 2. The SMILES string of the molecule is Cc1cc2c3c(c1)N(c1ccc4c(c1)C(C)(C)CCC4(C)C)c1c(sc4c1C(C)(C)CCC4(C)C)B3c1cc3c(cc1N2c1cc2c(cc1C)C(C)(C)CCC2(C)C)C(C)(C)CCC3(C)C. The maximum atomic E-state index is 2.81. The van der Waals surface area contributed by atoms with Crippen LogP contribution < -0.4 is 25.5 Å². The third-order valence-corrected chi connectivity index (χ3v) is 20.8. The molecule has 0 radical (unpaired) electrons. The van der Waals surface area contributed by atoms with Crippen LogP contribution in [-0.4, -0.2) is 6.71 Å². The van der Waals surface area contributed by atoms with Gasteiger partial charge in [0.1, 0.15) is 0 Å². The number of anilines is 6. The average molecular weight is 895 g/mol. The zero-order valence-electron chi connectivity index (χ0n) is 44.2. The molecular weight excluding hydrogens is 816 g/mol. The number of hydrogen-bond donors (Lipinski definition) is 0. The predicted molar refractivity (Wildman–Crippen MR) is 289 cm³/mol. The van der Waals surface area contributed by atoms with Crippen LogP contribution in [0.5, 0.6) is 0 Å². The van der Waals surface area contributed by atoms with Crippen LogP contribution in [0.2, 0.25) is 0 Å². The lowest BCUT2D eigenvalue weighted by molar-refractivity contribution is 0.331. The van der Waals surface area contributed by atoms with Crippen molar-refractivity contribution in [1.29, 1.82) is 0 Å². The first kappa shape index (κ1) is 44.7. The second-order valence-corrected chi connectivity index (χ2v) is 28.8. The number of nitrogens with zero attached hydrogens (tertiary/aromatic N) is 2. The third-order valence-electron chi connectivity index (χ3n) is 19.2. The van der Waals surface area contributed by atoms with Crippen molar-refractivity contribution in [2.75, 3.05) is 9.80 Å². The molecule has 2 nitrogen and oxygen atoms in total. The lowest BCUT2D eigenvalue weighted by atomic mass is 9.35. The normalized spacial score (nSPS) is 23.4. The van der Waals surface area contributed by atoms with Gasteiger partial charge in [-0.2, -0.15) is 11.3 Å². The number of thiophene rings is 1. The van der Waals surface area contributed by atoms with Gasteiger partial charge in [0, 0.05) is 38.1 Å². The predicted octanol–water partition coefficient (Wildman–Crippen LogP) is 15.8. The maximum absolute atomic E-state index is 2.81. The van der Waals surface area contributed by atoms with E-state index in [1.165, 1.54) is 124 Å². The van der Waals surface area contributed by atoms with Gasteiger partial charge in [0.15, 0.2) is 0 Å². The van der Waals surface area contributed by atoms with E-state index in [-0.39, 0.29) is 50.0 Å². The highest BCUT2D eigenvalue weighted by Crippen LogP contribution is 2.59. The smallest absolute Gasteiger partial charge is 0.264 e. The van der Waals surface area contributed by atoms with Crippen LogP contribution in [-0.2, 0) is 43.3 Å². The lowest BCUT2D eigenvalue weighted by Gasteiger charge is -2.48. The minimum atomic E-state index is 0.0407. The van der Waals surface area contributed by atoms with Gasteiger partial charge in [-0.1, -0.05) is 129 Å². The molecule has 346 valence electrons.